The third-order valence-corrected chi connectivity index (χ3v) is 2.15. The molecule has 0 fully saturated rings. The molecule has 0 aliphatic rings. The van der Waals surface area contributed by atoms with Crippen LogP contribution in [0.3, 0.4) is 0 Å². The van der Waals surface area contributed by atoms with Crippen molar-refractivity contribution < 1.29 is 10.2 Å². The van der Waals surface area contributed by atoms with Crippen molar-refractivity contribution in [3.8, 4) is 0 Å². The summed E-state index contributed by atoms with van der Waals surface area (Å²) in [6.45, 7) is 0.588. The molecule has 6 nitrogen and oxygen atoms in total. The van der Waals surface area contributed by atoms with Crippen molar-refractivity contribution in [2.45, 2.75) is 0 Å². The lowest BCUT2D eigenvalue weighted by atomic mass is 10.3. The molecule has 0 aromatic carbocycles. The molecule has 1 heterocycles. The van der Waals surface area contributed by atoms with Crippen molar-refractivity contribution >= 4 is 23.0 Å². The molecule has 1 rings (SSSR count). The molecule has 0 spiro atoms. The van der Waals surface area contributed by atoms with Crippen LogP contribution in [0.5, 0.6) is 0 Å². The van der Waals surface area contributed by atoms with Crippen molar-refractivity contribution in [3.63, 3.8) is 0 Å². The summed E-state index contributed by atoms with van der Waals surface area (Å²) in [5.41, 5.74) is 5.92. The maximum absolute atomic E-state index is 8.92. The zero-order chi connectivity index (χ0) is 12.0. The minimum absolute atomic E-state index is 0.0483. The van der Waals surface area contributed by atoms with Crippen LogP contribution < -0.4 is 10.6 Å². The standard InChI is InChI=1S/C9H14N4O2S/c10-8(16)7-9(12-2-1-11-7)13(3-5-14)4-6-15/h1-2,14-15H,3-6H2,(H2,10,16). The molecule has 88 valence electrons. The van der Waals surface area contributed by atoms with E-state index >= 15 is 0 Å². The average molecular weight is 242 g/mol. The van der Waals surface area contributed by atoms with Crippen LogP contribution in [-0.4, -0.2) is 51.5 Å². The van der Waals surface area contributed by atoms with E-state index in [1.165, 1.54) is 12.4 Å². The second kappa shape index (κ2) is 6.31. The summed E-state index contributed by atoms with van der Waals surface area (Å²) in [6, 6.07) is 0. The molecule has 1 aromatic heterocycles. The molecule has 0 unspecified atom stereocenters. The number of nitrogens with two attached hydrogens (primary N) is 1. The van der Waals surface area contributed by atoms with Gasteiger partial charge in [-0.15, -0.1) is 0 Å². The highest BCUT2D eigenvalue weighted by atomic mass is 32.1. The summed E-state index contributed by atoms with van der Waals surface area (Å²) < 4.78 is 0. The molecule has 7 heteroatoms. The van der Waals surface area contributed by atoms with Gasteiger partial charge in [0.05, 0.1) is 13.2 Å². The molecular weight excluding hydrogens is 228 g/mol. The Balaban J connectivity index is 3.02. The first-order valence-corrected chi connectivity index (χ1v) is 5.19. The fourth-order valence-corrected chi connectivity index (χ4v) is 1.44. The van der Waals surface area contributed by atoms with Gasteiger partial charge in [-0.25, -0.2) is 9.97 Å². The molecule has 0 saturated carbocycles. The Labute approximate surface area is 98.7 Å². The van der Waals surface area contributed by atoms with Crippen molar-refractivity contribution in [3.05, 3.63) is 18.1 Å². The van der Waals surface area contributed by atoms with E-state index in [1.807, 2.05) is 0 Å². The van der Waals surface area contributed by atoms with Gasteiger partial charge in [0.1, 0.15) is 10.7 Å². The first-order chi connectivity index (χ1) is 7.70. The van der Waals surface area contributed by atoms with Gasteiger partial charge in [-0.1, -0.05) is 12.2 Å². The van der Waals surface area contributed by atoms with Crippen molar-refractivity contribution in [2.75, 3.05) is 31.2 Å². The molecule has 16 heavy (non-hydrogen) atoms. The Kier molecular flexibility index (Phi) is 5.03. The van der Waals surface area contributed by atoms with Crippen LogP contribution in [0.1, 0.15) is 5.69 Å². The molecule has 0 amide bonds. The van der Waals surface area contributed by atoms with Crippen LogP contribution in [0.25, 0.3) is 0 Å². The Morgan fingerprint density at radius 2 is 1.81 bits per heavy atom. The Hall–Kier alpha value is -1.31. The number of rotatable bonds is 6. The summed E-state index contributed by atoms with van der Waals surface area (Å²) in [5, 5.41) is 17.8. The topological polar surface area (TPSA) is 95.5 Å². The van der Waals surface area contributed by atoms with E-state index < -0.39 is 0 Å². The number of aromatic nitrogens is 2. The number of thiocarbonyl (C=S) groups is 1. The van der Waals surface area contributed by atoms with E-state index in [-0.39, 0.29) is 18.2 Å². The lowest BCUT2D eigenvalue weighted by Crippen LogP contribution is -2.33. The second-order valence-electron chi connectivity index (χ2n) is 3.03. The number of aliphatic hydroxyl groups is 2. The highest BCUT2D eigenvalue weighted by Crippen LogP contribution is 2.13. The van der Waals surface area contributed by atoms with Crippen LogP contribution >= 0.6 is 12.2 Å². The monoisotopic (exact) mass is 242 g/mol. The van der Waals surface area contributed by atoms with Gasteiger partial charge in [0.15, 0.2) is 5.82 Å². The Morgan fingerprint density at radius 3 is 2.31 bits per heavy atom. The van der Waals surface area contributed by atoms with E-state index in [1.54, 1.807) is 4.90 Å². The maximum atomic E-state index is 8.92. The third kappa shape index (κ3) is 3.09. The lowest BCUT2D eigenvalue weighted by Gasteiger charge is -2.23. The summed E-state index contributed by atoms with van der Waals surface area (Å²) in [7, 11) is 0. The molecule has 4 N–H and O–H groups in total. The molecule has 0 aliphatic carbocycles. The highest BCUT2D eigenvalue weighted by molar-refractivity contribution is 7.80. The molecule has 0 saturated heterocycles. The minimum Gasteiger partial charge on any atom is -0.395 e. The Bertz CT molecular complexity index is 355. The summed E-state index contributed by atoms with van der Waals surface area (Å²) in [6.07, 6.45) is 3.01. The average Bonchev–Trinajstić information content (AvgIpc) is 2.29. The third-order valence-electron chi connectivity index (χ3n) is 1.95. The van der Waals surface area contributed by atoms with Gasteiger partial charge in [-0.2, -0.15) is 0 Å². The summed E-state index contributed by atoms with van der Waals surface area (Å²) in [5.74, 6) is 0.484. The van der Waals surface area contributed by atoms with Crippen molar-refractivity contribution in [1.29, 1.82) is 0 Å². The van der Waals surface area contributed by atoms with Crippen LogP contribution in [0.2, 0.25) is 0 Å². The van der Waals surface area contributed by atoms with E-state index in [0.29, 0.717) is 24.6 Å². The summed E-state index contributed by atoms with van der Waals surface area (Å²) in [4.78, 5) is 9.97. The largest absolute Gasteiger partial charge is 0.395 e. The van der Waals surface area contributed by atoms with Gasteiger partial charge in [-0.3, -0.25) is 0 Å². The van der Waals surface area contributed by atoms with E-state index in [4.69, 9.17) is 28.2 Å². The fourth-order valence-electron chi connectivity index (χ4n) is 1.30. The van der Waals surface area contributed by atoms with Gasteiger partial charge in [0.25, 0.3) is 0 Å². The van der Waals surface area contributed by atoms with Gasteiger partial charge in [0.2, 0.25) is 0 Å². The number of hydrogen-bond donors (Lipinski definition) is 3. The summed E-state index contributed by atoms with van der Waals surface area (Å²) >= 11 is 4.86. The van der Waals surface area contributed by atoms with Gasteiger partial charge in [-0.05, 0) is 0 Å². The predicted octanol–water partition coefficient (Wildman–Crippen LogP) is -1.10. The zero-order valence-corrected chi connectivity index (χ0v) is 9.52. The molecule has 1 aromatic rings. The minimum atomic E-state index is -0.0483. The SMILES string of the molecule is NC(=S)c1nccnc1N(CCO)CCO. The normalized spacial score (nSPS) is 10.1. The van der Waals surface area contributed by atoms with Gasteiger partial charge < -0.3 is 20.8 Å². The van der Waals surface area contributed by atoms with Crippen molar-refractivity contribution in [1.82, 2.24) is 9.97 Å². The molecular formula is C9H14N4O2S. The van der Waals surface area contributed by atoms with Gasteiger partial charge >= 0.3 is 0 Å². The van der Waals surface area contributed by atoms with Crippen LogP contribution in [0, 0.1) is 0 Å². The van der Waals surface area contributed by atoms with Crippen LogP contribution in [0.4, 0.5) is 5.82 Å². The van der Waals surface area contributed by atoms with E-state index in [0.717, 1.165) is 0 Å². The molecule has 0 atom stereocenters. The fraction of sp³-hybridized carbons (Fsp3) is 0.444. The van der Waals surface area contributed by atoms with Crippen molar-refractivity contribution in [2.24, 2.45) is 5.73 Å². The van der Waals surface area contributed by atoms with Crippen LogP contribution in [0.15, 0.2) is 12.4 Å². The molecule has 0 bridgehead atoms. The first-order valence-electron chi connectivity index (χ1n) is 4.78. The highest BCUT2D eigenvalue weighted by Gasteiger charge is 2.14. The Morgan fingerprint density at radius 1 is 1.25 bits per heavy atom. The van der Waals surface area contributed by atoms with E-state index in [9.17, 15) is 0 Å². The predicted molar refractivity (Wildman–Crippen MR) is 64.3 cm³/mol. The zero-order valence-electron chi connectivity index (χ0n) is 8.70. The number of anilines is 1. The van der Waals surface area contributed by atoms with Gasteiger partial charge in [0, 0.05) is 25.5 Å². The maximum Gasteiger partial charge on any atom is 0.157 e. The molecule has 0 radical (unpaired) electrons. The second-order valence-corrected chi connectivity index (χ2v) is 3.47. The smallest absolute Gasteiger partial charge is 0.157 e. The molecule has 0 aliphatic heterocycles. The van der Waals surface area contributed by atoms with Crippen LogP contribution in [-0.2, 0) is 0 Å². The van der Waals surface area contributed by atoms with E-state index in [2.05, 4.69) is 9.97 Å². The number of aliphatic hydroxyl groups excluding tert-OH is 2. The quantitative estimate of drug-likeness (QED) is 0.545. The number of nitrogens with zero attached hydrogens (tertiary/aromatic N) is 3. The number of hydrogen-bond acceptors (Lipinski definition) is 6. The lowest BCUT2D eigenvalue weighted by molar-refractivity contribution is 0.280. The first kappa shape index (κ1) is 12.8.